The topological polar surface area (TPSA) is 0 Å². The second-order valence-corrected chi connectivity index (χ2v) is 14.2. The van der Waals surface area contributed by atoms with Crippen LogP contribution in [0.2, 0.25) is 0 Å². The molecular weight excluding hydrogens is 625 g/mol. The molecule has 2 aliphatic carbocycles. The zero-order chi connectivity index (χ0) is 35.9. The summed E-state index contributed by atoms with van der Waals surface area (Å²) in [6, 6.07) is 46.3. The molecule has 0 spiro atoms. The van der Waals surface area contributed by atoms with E-state index in [9.17, 15) is 0 Å². The fourth-order valence-corrected chi connectivity index (χ4v) is 7.69. The summed E-state index contributed by atoms with van der Waals surface area (Å²) in [6.45, 7) is 11.3. The summed E-state index contributed by atoms with van der Waals surface area (Å²) in [5, 5.41) is 2.16. The van der Waals surface area contributed by atoms with Gasteiger partial charge in [0.15, 0.2) is 0 Å². The average molecular weight is 673 g/mol. The van der Waals surface area contributed by atoms with Gasteiger partial charge in [0.1, 0.15) is 0 Å². The van der Waals surface area contributed by atoms with Crippen molar-refractivity contribution in [3.63, 3.8) is 0 Å². The summed E-state index contributed by atoms with van der Waals surface area (Å²) in [5.74, 6) is 0.373. The van der Waals surface area contributed by atoms with Crippen molar-refractivity contribution in [2.24, 2.45) is 0 Å². The number of hydrogen-bond donors (Lipinski definition) is 0. The lowest BCUT2D eigenvalue weighted by molar-refractivity contribution is 0.771. The first-order valence-corrected chi connectivity index (χ1v) is 18.7. The lowest BCUT2D eigenvalue weighted by Crippen LogP contribution is -2.22. The molecule has 0 amide bonds. The van der Waals surface area contributed by atoms with Crippen LogP contribution < -0.4 is 10.4 Å². The van der Waals surface area contributed by atoms with Gasteiger partial charge in [0, 0.05) is 0 Å². The third kappa shape index (κ3) is 7.78. The summed E-state index contributed by atoms with van der Waals surface area (Å²) in [7, 11) is 0. The van der Waals surface area contributed by atoms with E-state index in [0.29, 0.717) is 5.92 Å². The van der Waals surface area contributed by atoms with E-state index in [2.05, 4.69) is 197 Å². The Hall–Kier alpha value is -5.72. The smallest absolute Gasteiger partial charge is 0.00576 e. The first-order chi connectivity index (χ1) is 25.5. The fraction of sp³-hybridized carbons (Fsp3) is 0.154. The van der Waals surface area contributed by atoms with Gasteiger partial charge in [-0.2, -0.15) is 0 Å². The highest BCUT2D eigenvalue weighted by atomic mass is 14.2. The summed E-state index contributed by atoms with van der Waals surface area (Å²) >= 11 is 0. The van der Waals surface area contributed by atoms with Crippen LogP contribution >= 0.6 is 0 Å². The first kappa shape index (κ1) is 34.7. The maximum atomic E-state index is 4.40. The number of benzene rings is 5. The van der Waals surface area contributed by atoms with Gasteiger partial charge in [-0.3, -0.25) is 0 Å². The van der Waals surface area contributed by atoms with Crippen LogP contribution in [0.5, 0.6) is 0 Å². The Morgan fingerprint density at radius 3 is 2.10 bits per heavy atom. The number of fused-ring (bicyclic) bond motifs is 1. The highest BCUT2D eigenvalue weighted by Gasteiger charge is 2.20. The molecule has 0 nitrogen and oxygen atoms in total. The van der Waals surface area contributed by atoms with Crippen molar-refractivity contribution in [2.45, 2.75) is 52.4 Å². The molecule has 2 aliphatic rings. The Kier molecular flexibility index (Phi) is 10.7. The summed E-state index contributed by atoms with van der Waals surface area (Å²) in [6.07, 6.45) is 20.1. The van der Waals surface area contributed by atoms with Gasteiger partial charge in [-0.25, -0.2) is 0 Å². The third-order valence-electron chi connectivity index (χ3n) is 10.6. The highest BCUT2D eigenvalue weighted by Crippen LogP contribution is 2.40. The van der Waals surface area contributed by atoms with Crippen molar-refractivity contribution in [1.82, 2.24) is 0 Å². The van der Waals surface area contributed by atoms with Gasteiger partial charge in [0.05, 0.1) is 0 Å². The Morgan fingerprint density at radius 1 is 0.712 bits per heavy atom. The zero-order valence-corrected chi connectivity index (χ0v) is 30.8. The standard InChI is InChI=1S/C52H48/c1-37-28-30-46(35-45(37)26-17-27-49(42-20-11-6-12-21-42)40(4)41-18-9-5-10-19-41)47-31-32-48-34-39(3)52(44-24-15-8-16-25-44)50(43-22-13-7-14-23-43)33-29-38(2)51(48)36-47/h6-9,11-28,30-33,35-36,38H,1,5,10,29,34H2,2-4H3/b27-17+,45-26+,49-40-,50-33+,52-39-. The maximum Gasteiger partial charge on any atom is -0.00576 e. The Bertz CT molecular complexity index is 2360. The molecule has 0 aromatic heterocycles. The van der Waals surface area contributed by atoms with Crippen molar-refractivity contribution < 1.29 is 0 Å². The second-order valence-electron chi connectivity index (χ2n) is 14.2. The Labute approximate surface area is 310 Å². The van der Waals surface area contributed by atoms with Crippen LogP contribution in [0.25, 0.3) is 40.5 Å². The van der Waals surface area contributed by atoms with Crippen molar-refractivity contribution in [1.29, 1.82) is 0 Å². The largest absolute Gasteiger partial charge is 0.0912 e. The van der Waals surface area contributed by atoms with Crippen LogP contribution in [-0.2, 0) is 6.42 Å². The third-order valence-corrected chi connectivity index (χ3v) is 10.6. The molecule has 0 fully saturated rings. The van der Waals surface area contributed by atoms with E-state index in [1.807, 2.05) is 0 Å². The molecule has 0 heteroatoms. The number of rotatable bonds is 7. The molecule has 1 atom stereocenters. The van der Waals surface area contributed by atoms with Crippen LogP contribution in [0.15, 0.2) is 181 Å². The molecule has 52 heavy (non-hydrogen) atoms. The normalized spacial score (nSPS) is 19.5. The van der Waals surface area contributed by atoms with Crippen molar-refractivity contribution in [3.05, 3.63) is 219 Å². The molecule has 0 heterocycles. The van der Waals surface area contributed by atoms with Gasteiger partial charge >= 0.3 is 0 Å². The molecule has 0 radical (unpaired) electrons. The lowest BCUT2D eigenvalue weighted by Gasteiger charge is -2.18. The van der Waals surface area contributed by atoms with Gasteiger partial charge in [-0.05, 0) is 129 Å². The maximum absolute atomic E-state index is 4.40. The minimum absolute atomic E-state index is 0.373. The minimum atomic E-state index is 0.373. The minimum Gasteiger partial charge on any atom is -0.0912 e. The van der Waals surface area contributed by atoms with Gasteiger partial charge in [0.2, 0.25) is 0 Å². The molecule has 1 unspecified atom stereocenters. The van der Waals surface area contributed by atoms with Crippen LogP contribution in [-0.4, -0.2) is 0 Å². The Balaban J connectivity index is 1.25. The van der Waals surface area contributed by atoms with Crippen LogP contribution in [0, 0.1) is 0 Å². The molecule has 7 rings (SSSR count). The van der Waals surface area contributed by atoms with Crippen LogP contribution in [0.1, 0.15) is 73.8 Å². The second kappa shape index (κ2) is 16.1. The quantitative estimate of drug-likeness (QED) is 0.151. The molecule has 0 aliphatic heterocycles. The van der Waals surface area contributed by atoms with E-state index in [1.165, 1.54) is 72.4 Å². The molecular formula is C52H48. The van der Waals surface area contributed by atoms with E-state index in [4.69, 9.17) is 0 Å². The van der Waals surface area contributed by atoms with Gasteiger partial charge < -0.3 is 0 Å². The van der Waals surface area contributed by atoms with Crippen molar-refractivity contribution in [2.75, 3.05) is 0 Å². The van der Waals surface area contributed by atoms with E-state index in [0.717, 1.165) is 36.1 Å². The van der Waals surface area contributed by atoms with Gasteiger partial charge in [-0.15, -0.1) is 0 Å². The SMILES string of the molecule is C=c1ccc(-c2ccc3c(c2)C(C)C/C=C(c2ccccc2)/C(c2ccccc2)=C(/C)C3)c\c1=C/C=C/C(=C(\C)C1=CCCC=C1)c1ccccc1. The monoisotopic (exact) mass is 672 g/mol. The summed E-state index contributed by atoms with van der Waals surface area (Å²) in [4.78, 5) is 0. The molecule has 5 aromatic carbocycles. The zero-order valence-electron chi connectivity index (χ0n) is 30.8. The molecule has 0 saturated carbocycles. The highest BCUT2D eigenvalue weighted by molar-refractivity contribution is 6.06. The molecule has 0 bridgehead atoms. The van der Waals surface area contributed by atoms with E-state index >= 15 is 0 Å². The van der Waals surface area contributed by atoms with E-state index < -0.39 is 0 Å². The summed E-state index contributed by atoms with van der Waals surface area (Å²) in [5.41, 5.74) is 17.0. The predicted octanol–water partition coefficient (Wildman–Crippen LogP) is 12.5. The van der Waals surface area contributed by atoms with Gasteiger partial charge in [-0.1, -0.05) is 183 Å². The van der Waals surface area contributed by atoms with Crippen LogP contribution in [0.3, 0.4) is 0 Å². The fourth-order valence-electron chi connectivity index (χ4n) is 7.69. The Morgan fingerprint density at radius 2 is 1.38 bits per heavy atom. The molecule has 5 aromatic rings. The van der Waals surface area contributed by atoms with Gasteiger partial charge in [0.25, 0.3) is 0 Å². The lowest BCUT2D eigenvalue weighted by atomic mass is 9.86. The van der Waals surface area contributed by atoms with E-state index in [1.54, 1.807) is 0 Å². The predicted molar refractivity (Wildman–Crippen MR) is 226 cm³/mol. The summed E-state index contributed by atoms with van der Waals surface area (Å²) < 4.78 is 0. The molecule has 0 saturated heterocycles. The van der Waals surface area contributed by atoms with Crippen molar-refractivity contribution in [3.8, 4) is 11.1 Å². The van der Waals surface area contributed by atoms with Crippen LogP contribution in [0.4, 0.5) is 0 Å². The average Bonchev–Trinajstić information content (AvgIpc) is 3.24. The number of allylic oxidation sites excluding steroid dienone is 12. The first-order valence-electron chi connectivity index (χ1n) is 18.7. The number of hydrogen-bond acceptors (Lipinski definition) is 0. The molecule has 256 valence electrons. The van der Waals surface area contributed by atoms with Crippen molar-refractivity contribution >= 4 is 29.4 Å². The van der Waals surface area contributed by atoms with E-state index in [-0.39, 0.29) is 0 Å². The molecule has 0 N–H and O–H groups in total.